The van der Waals surface area contributed by atoms with Crippen molar-refractivity contribution >= 4 is 33.2 Å². The van der Waals surface area contributed by atoms with Crippen LogP contribution in [0.15, 0.2) is 16.2 Å². The number of rotatable bonds is 3. The fraction of sp³-hybridized carbons (Fsp3) is 0.417. The van der Waals surface area contributed by atoms with E-state index >= 15 is 0 Å². The van der Waals surface area contributed by atoms with Crippen LogP contribution in [0.4, 0.5) is 0 Å². The highest BCUT2D eigenvalue weighted by molar-refractivity contribution is 9.11. The van der Waals surface area contributed by atoms with Gasteiger partial charge in [-0.2, -0.15) is 5.10 Å². The lowest BCUT2D eigenvalue weighted by molar-refractivity contribution is 0.0809. The summed E-state index contributed by atoms with van der Waals surface area (Å²) in [6.45, 7) is 1.99. The van der Waals surface area contributed by atoms with E-state index in [0.29, 0.717) is 5.56 Å². The molecule has 0 spiro atoms. The summed E-state index contributed by atoms with van der Waals surface area (Å²) in [5.74, 6) is 0.683. The molecule has 19 heavy (non-hydrogen) atoms. The molecule has 1 aliphatic rings. The van der Waals surface area contributed by atoms with Gasteiger partial charge >= 0.3 is 0 Å². The lowest BCUT2D eigenvalue weighted by Crippen LogP contribution is -2.51. The summed E-state index contributed by atoms with van der Waals surface area (Å²) in [7, 11) is 0. The maximum Gasteiger partial charge on any atom is 0.254 e. The average Bonchev–Trinajstić information content (AvgIpc) is 2.93. The summed E-state index contributed by atoms with van der Waals surface area (Å²) in [5.41, 5.74) is 0.316. The zero-order valence-electron chi connectivity index (χ0n) is 10.4. The fourth-order valence-electron chi connectivity index (χ4n) is 2.31. The Balaban J connectivity index is 1.84. The van der Waals surface area contributed by atoms with Gasteiger partial charge in [0.15, 0.2) is 0 Å². The molecule has 0 atom stereocenters. The molecular formula is C12H13BrN4OS. The third-order valence-electron chi connectivity index (χ3n) is 3.48. The molecule has 100 valence electrons. The van der Waals surface area contributed by atoms with Gasteiger partial charge < -0.3 is 5.32 Å². The van der Waals surface area contributed by atoms with Crippen LogP contribution in [0, 0.1) is 6.92 Å². The van der Waals surface area contributed by atoms with Crippen molar-refractivity contribution in [1.82, 2.24) is 20.5 Å². The second kappa shape index (κ2) is 4.72. The highest BCUT2D eigenvalue weighted by Gasteiger charge is 2.43. The molecule has 0 saturated heterocycles. The zero-order valence-corrected chi connectivity index (χ0v) is 12.8. The lowest BCUT2D eigenvalue weighted by Gasteiger charge is -2.40. The molecule has 1 amide bonds. The van der Waals surface area contributed by atoms with Crippen LogP contribution in [0.2, 0.25) is 0 Å². The van der Waals surface area contributed by atoms with Crippen LogP contribution in [0.3, 0.4) is 0 Å². The highest BCUT2D eigenvalue weighted by Crippen LogP contribution is 2.40. The van der Waals surface area contributed by atoms with Gasteiger partial charge in [-0.15, -0.1) is 11.3 Å². The molecule has 2 heterocycles. The maximum absolute atomic E-state index is 12.4. The van der Waals surface area contributed by atoms with Crippen molar-refractivity contribution in [3.05, 3.63) is 32.4 Å². The number of carbonyl (C=O) groups excluding carboxylic acids is 1. The highest BCUT2D eigenvalue weighted by atomic mass is 79.9. The van der Waals surface area contributed by atoms with E-state index < -0.39 is 0 Å². The van der Waals surface area contributed by atoms with Crippen LogP contribution in [-0.2, 0) is 5.54 Å². The summed E-state index contributed by atoms with van der Waals surface area (Å²) < 4.78 is 0.870. The molecule has 1 aliphatic carbocycles. The molecule has 3 rings (SSSR count). The number of halogens is 1. The first kappa shape index (κ1) is 12.8. The quantitative estimate of drug-likeness (QED) is 0.902. The molecule has 0 aliphatic heterocycles. The molecule has 2 aromatic heterocycles. The van der Waals surface area contributed by atoms with Crippen molar-refractivity contribution < 1.29 is 4.79 Å². The van der Waals surface area contributed by atoms with Gasteiger partial charge in [-0.25, -0.2) is 4.98 Å². The Hall–Kier alpha value is -1.21. The minimum Gasteiger partial charge on any atom is -0.339 e. The fourth-order valence-corrected chi connectivity index (χ4v) is 4.09. The number of hydrogen-bond acceptors (Lipinski definition) is 4. The third kappa shape index (κ3) is 2.21. The number of aromatic nitrogens is 3. The van der Waals surface area contributed by atoms with Gasteiger partial charge in [0.05, 0.1) is 14.9 Å². The second-order valence-corrected chi connectivity index (χ2v) is 7.34. The number of aromatic amines is 1. The van der Waals surface area contributed by atoms with E-state index in [1.807, 2.05) is 13.0 Å². The Morgan fingerprint density at radius 1 is 1.58 bits per heavy atom. The number of nitrogens with one attached hydrogen (secondary N) is 2. The normalized spacial score (nSPS) is 16.9. The van der Waals surface area contributed by atoms with Crippen molar-refractivity contribution in [3.8, 4) is 0 Å². The zero-order chi connectivity index (χ0) is 13.5. The average molecular weight is 341 g/mol. The smallest absolute Gasteiger partial charge is 0.254 e. The Bertz CT molecular complexity index is 603. The van der Waals surface area contributed by atoms with E-state index in [1.165, 1.54) is 6.33 Å². The van der Waals surface area contributed by atoms with Gasteiger partial charge in [0.2, 0.25) is 0 Å². The van der Waals surface area contributed by atoms with Gasteiger partial charge in [-0.1, -0.05) is 0 Å². The van der Waals surface area contributed by atoms with Gasteiger partial charge in [0.1, 0.15) is 12.2 Å². The van der Waals surface area contributed by atoms with Gasteiger partial charge in [-0.3, -0.25) is 9.89 Å². The van der Waals surface area contributed by atoms with E-state index in [1.54, 1.807) is 11.3 Å². The number of nitrogens with zero attached hydrogens (tertiary/aromatic N) is 2. The number of amides is 1. The van der Waals surface area contributed by atoms with Crippen molar-refractivity contribution in [2.24, 2.45) is 0 Å². The first-order chi connectivity index (χ1) is 9.11. The number of carbonyl (C=O) groups is 1. The molecule has 0 aromatic carbocycles. The molecule has 0 unspecified atom stereocenters. The molecule has 5 nitrogen and oxygen atoms in total. The molecular weight excluding hydrogens is 328 g/mol. The minimum atomic E-state index is -0.372. The van der Waals surface area contributed by atoms with Crippen molar-refractivity contribution in [2.45, 2.75) is 31.7 Å². The monoisotopic (exact) mass is 340 g/mol. The van der Waals surface area contributed by atoms with Crippen LogP contribution in [0.1, 0.15) is 40.3 Å². The second-order valence-electron chi connectivity index (χ2n) is 4.77. The van der Waals surface area contributed by atoms with Crippen LogP contribution in [0.5, 0.6) is 0 Å². The molecule has 7 heteroatoms. The van der Waals surface area contributed by atoms with E-state index in [9.17, 15) is 4.79 Å². The summed E-state index contributed by atoms with van der Waals surface area (Å²) in [6, 6.07) is 1.90. The van der Waals surface area contributed by atoms with E-state index in [-0.39, 0.29) is 11.4 Å². The number of thiophene rings is 1. The summed E-state index contributed by atoms with van der Waals surface area (Å²) in [6.07, 6.45) is 4.36. The number of aryl methyl sites for hydroxylation is 1. The van der Waals surface area contributed by atoms with Crippen LogP contribution >= 0.6 is 27.3 Å². The summed E-state index contributed by atoms with van der Waals surface area (Å²) in [4.78, 5) is 17.7. The first-order valence-corrected chi connectivity index (χ1v) is 7.66. The largest absolute Gasteiger partial charge is 0.339 e. The number of hydrogen-bond donors (Lipinski definition) is 2. The van der Waals surface area contributed by atoms with Crippen LogP contribution < -0.4 is 5.32 Å². The molecule has 0 radical (unpaired) electrons. The first-order valence-electron chi connectivity index (χ1n) is 6.05. The Kier molecular flexibility index (Phi) is 3.18. The molecule has 1 fully saturated rings. The van der Waals surface area contributed by atoms with Crippen molar-refractivity contribution in [3.63, 3.8) is 0 Å². The van der Waals surface area contributed by atoms with Crippen molar-refractivity contribution in [1.29, 1.82) is 0 Å². The standard InChI is InChI=1S/C12H13BrN4OS/c1-7-5-8(9(13)19-7)10(18)16-12(3-2-4-12)11-14-6-15-17-11/h5-6H,2-4H2,1H3,(H,16,18)(H,14,15,17). The number of H-pyrrole nitrogens is 1. The van der Waals surface area contributed by atoms with Gasteiger partial charge in [0, 0.05) is 4.88 Å². The van der Waals surface area contributed by atoms with Crippen molar-refractivity contribution in [2.75, 3.05) is 0 Å². The Morgan fingerprint density at radius 2 is 2.37 bits per heavy atom. The molecule has 2 N–H and O–H groups in total. The predicted octanol–water partition coefficient (Wildman–Crippen LogP) is 2.75. The van der Waals surface area contributed by atoms with Crippen LogP contribution in [-0.4, -0.2) is 21.1 Å². The summed E-state index contributed by atoms with van der Waals surface area (Å²) in [5, 5.41) is 9.86. The third-order valence-corrected chi connectivity index (χ3v) is 5.23. The van der Waals surface area contributed by atoms with Gasteiger partial charge in [-0.05, 0) is 48.2 Å². The molecule has 1 saturated carbocycles. The van der Waals surface area contributed by atoms with E-state index in [0.717, 1.165) is 33.8 Å². The lowest BCUT2D eigenvalue weighted by atomic mass is 9.76. The predicted molar refractivity (Wildman–Crippen MR) is 76.1 cm³/mol. The molecule has 0 bridgehead atoms. The SMILES string of the molecule is Cc1cc(C(=O)NC2(c3ncn[nH]3)CCC2)c(Br)s1. The van der Waals surface area contributed by atoms with Crippen LogP contribution in [0.25, 0.3) is 0 Å². The Labute approximate surface area is 123 Å². The summed E-state index contributed by atoms with van der Waals surface area (Å²) >= 11 is 5.00. The van der Waals surface area contributed by atoms with Gasteiger partial charge in [0.25, 0.3) is 5.91 Å². The molecule has 2 aromatic rings. The van der Waals surface area contributed by atoms with E-state index in [4.69, 9.17) is 0 Å². The topological polar surface area (TPSA) is 70.7 Å². The van der Waals surface area contributed by atoms with E-state index in [2.05, 4.69) is 36.4 Å². The maximum atomic E-state index is 12.4. The minimum absolute atomic E-state index is 0.0627. The Morgan fingerprint density at radius 3 is 2.84 bits per heavy atom.